The molecular formula is C29H47N9O. The van der Waals surface area contributed by atoms with Crippen LogP contribution in [0.1, 0.15) is 82.7 Å². The lowest BCUT2D eigenvalue weighted by Crippen LogP contribution is -2.56. The number of anilines is 2. The van der Waals surface area contributed by atoms with E-state index in [1.54, 1.807) is 12.5 Å². The van der Waals surface area contributed by atoms with Crippen molar-refractivity contribution in [2.75, 3.05) is 36.4 Å². The normalized spacial score (nSPS) is 24.2. The molecule has 0 radical (unpaired) electrons. The predicted molar refractivity (Wildman–Crippen MR) is 155 cm³/mol. The lowest BCUT2D eigenvalue weighted by Gasteiger charge is -2.47. The third-order valence-electron chi connectivity index (χ3n) is 8.81. The maximum atomic E-state index is 12.8. The predicted octanol–water partition coefficient (Wildman–Crippen LogP) is 3.23. The fourth-order valence-corrected chi connectivity index (χ4v) is 6.74. The van der Waals surface area contributed by atoms with Crippen LogP contribution in [-0.4, -0.2) is 81.1 Å². The van der Waals surface area contributed by atoms with Gasteiger partial charge in [0.05, 0.1) is 18.1 Å². The summed E-state index contributed by atoms with van der Waals surface area (Å²) >= 11 is 0. The maximum Gasteiger partial charge on any atom is 0.237 e. The van der Waals surface area contributed by atoms with Gasteiger partial charge in [-0.15, -0.1) is 0 Å². The van der Waals surface area contributed by atoms with Gasteiger partial charge in [0.2, 0.25) is 11.9 Å². The lowest BCUT2D eigenvalue weighted by molar-refractivity contribution is -0.122. The molecule has 2 aromatic heterocycles. The average molecular weight is 538 g/mol. The first-order valence-corrected chi connectivity index (χ1v) is 15.3. The fraction of sp³-hybridized carbons (Fsp3) is 0.724. The standard InChI is InChI=1S/C29H47N9O/c30-24(19-22-20-31-21-34-22)28(39)32-14-12-26-25(11-8-18-38(26)23-9-4-3-5-10-23)35-29-33-15-13-27(36-29)37-16-6-1-2-7-17-37/h13,15,20-21,23-26H,1-12,14,16-19,30H2,(H,31,34)(H,32,39)(H,33,35,36)/t24-,25+,26-/m1/s1. The largest absolute Gasteiger partial charge is 0.356 e. The van der Waals surface area contributed by atoms with E-state index < -0.39 is 6.04 Å². The van der Waals surface area contributed by atoms with Crippen LogP contribution in [0.25, 0.3) is 0 Å². The van der Waals surface area contributed by atoms with Crippen molar-refractivity contribution >= 4 is 17.7 Å². The SMILES string of the molecule is N[C@H](Cc1c[nH]cn1)C(=O)NCC[C@@H]1[C@@H](Nc2nccc(N3CCCCCC3)n2)CCCN1C1CCCCC1. The van der Waals surface area contributed by atoms with Gasteiger partial charge >= 0.3 is 0 Å². The molecule has 0 bridgehead atoms. The Hall–Kier alpha value is -2.72. The Morgan fingerprint density at radius 3 is 2.59 bits per heavy atom. The number of imidazole rings is 1. The van der Waals surface area contributed by atoms with Crippen LogP contribution < -0.4 is 21.3 Å². The van der Waals surface area contributed by atoms with Crippen LogP contribution >= 0.6 is 0 Å². The number of carbonyl (C=O) groups excluding carboxylic acids is 1. The van der Waals surface area contributed by atoms with Crippen LogP contribution in [-0.2, 0) is 11.2 Å². The third-order valence-corrected chi connectivity index (χ3v) is 8.81. The molecule has 39 heavy (non-hydrogen) atoms. The number of piperidine rings is 1. The smallest absolute Gasteiger partial charge is 0.237 e. The summed E-state index contributed by atoms with van der Waals surface area (Å²) < 4.78 is 0. The number of hydrogen-bond donors (Lipinski definition) is 4. The molecule has 1 saturated carbocycles. The minimum absolute atomic E-state index is 0.115. The minimum atomic E-state index is -0.599. The second-order valence-electron chi connectivity index (χ2n) is 11.6. The van der Waals surface area contributed by atoms with E-state index in [0.717, 1.165) is 56.4 Å². The molecule has 10 heteroatoms. The van der Waals surface area contributed by atoms with E-state index in [1.807, 2.05) is 12.3 Å². The number of likely N-dealkylation sites (tertiary alicyclic amines) is 1. The molecule has 3 atom stereocenters. The highest BCUT2D eigenvalue weighted by atomic mass is 16.2. The zero-order chi connectivity index (χ0) is 26.9. The molecule has 2 aliphatic heterocycles. The first-order valence-electron chi connectivity index (χ1n) is 15.3. The Morgan fingerprint density at radius 2 is 1.82 bits per heavy atom. The van der Waals surface area contributed by atoms with Crippen molar-refractivity contribution in [1.82, 2.24) is 30.2 Å². The topological polar surface area (TPSA) is 128 Å². The zero-order valence-electron chi connectivity index (χ0n) is 23.4. The molecule has 5 N–H and O–H groups in total. The average Bonchev–Trinajstić information content (AvgIpc) is 3.32. The number of amides is 1. The Morgan fingerprint density at radius 1 is 1.03 bits per heavy atom. The van der Waals surface area contributed by atoms with E-state index >= 15 is 0 Å². The first-order chi connectivity index (χ1) is 19.2. The van der Waals surface area contributed by atoms with Crippen LogP contribution in [0, 0.1) is 0 Å². The van der Waals surface area contributed by atoms with E-state index in [0.29, 0.717) is 25.0 Å². The van der Waals surface area contributed by atoms with Crippen molar-refractivity contribution in [3.63, 3.8) is 0 Å². The highest BCUT2D eigenvalue weighted by Crippen LogP contribution is 2.31. The van der Waals surface area contributed by atoms with Crippen LogP contribution in [0.4, 0.5) is 11.8 Å². The van der Waals surface area contributed by atoms with E-state index in [9.17, 15) is 4.79 Å². The molecule has 0 aromatic carbocycles. The second-order valence-corrected chi connectivity index (χ2v) is 11.6. The van der Waals surface area contributed by atoms with Crippen molar-refractivity contribution in [1.29, 1.82) is 0 Å². The van der Waals surface area contributed by atoms with Crippen LogP contribution in [0.15, 0.2) is 24.8 Å². The van der Waals surface area contributed by atoms with Gasteiger partial charge in [0.1, 0.15) is 5.82 Å². The summed E-state index contributed by atoms with van der Waals surface area (Å²) in [6, 6.07) is 2.63. The van der Waals surface area contributed by atoms with Crippen molar-refractivity contribution in [3.05, 3.63) is 30.5 Å². The minimum Gasteiger partial charge on any atom is -0.356 e. The number of aromatic amines is 1. The molecule has 5 rings (SSSR count). The molecule has 1 aliphatic carbocycles. The van der Waals surface area contributed by atoms with Gasteiger partial charge in [-0.1, -0.05) is 32.1 Å². The Kier molecular flexibility index (Phi) is 10.0. The third kappa shape index (κ3) is 7.69. The van der Waals surface area contributed by atoms with Crippen LogP contribution in [0.5, 0.6) is 0 Å². The van der Waals surface area contributed by atoms with E-state index in [4.69, 9.17) is 10.7 Å². The Balaban J connectivity index is 1.24. The number of nitrogens with one attached hydrogen (secondary N) is 3. The molecule has 1 amide bonds. The summed E-state index contributed by atoms with van der Waals surface area (Å²) in [7, 11) is 0. The number of carbonyl (C=O) groups is 1. The number of nitrogens with two attached hydrogens (primary N) is 1. The molecule has 2 aromatic rings. The number of hydrogen-bond acceptors (Lipinski definition) is 8. The number of aromatic nitrogens is 4. The van der Waals surface area contributed by atoms with Crippen LogP contribution in [0.3, 0.4) is 0 Å². The molecule has 0 spiro atoms. The second kappa shape index (κ2) is 14.1. The molecule has 3 aliphatic rings. The van der Waals surface area contributed by atoms with Gasteiger partial charge in [0.15, 0.2) is 0 Å². The van der Waals surface area contributed by atoms with Crippen molar-refractivity contribution in [2.45, 2.75) is 108 Å². The summed E-state index contributed by atoms with van der Waals surface area (Å²) in [6.07, 6.45) is 20.4. The Bertz CT molecular complexity index is 1000. The Labute approximate surface area is 232 Å². The van der Waals surface area contributed by atoms with E-state index in [1.165, 1.54) is 57.8 Å². The van der Waals surface area contributed by atoms with Gasteiger partial charge in [0, 0.05) is 56.6 Å². The van der Waals surface area contributed by atoms with Gasteiger partial charge in [-0.05, 0) is 57.6 Å². The first kappa shape index (κ1) is 27.8. The summed E-state index contributed by atoms with van der Waals surface area (Å²) in [5.74, 6) is 1.64. The van der Waals surface area contributed by atoms with Gasteiger partial charge in [-0.3, -0.25) is 9.69 Å². The number of nitrogens with zero attached hydrogens (tertiary/aromatic N) is 5. The highest BCUT2D eigenvalue weighted by Gasteiger charge is 2.36. The summed E-state index contributed by atoms with van der Waals surface area (Å²) in [4.78, 5) is 34.6. The monoisotopic (exact) mass is 537 g/mol. The summed E-state index contributed by atoms with van der Waals surface area (Å²) in [6.45, 7) is 3.86. The van der Waals surface area contributed by atoms with Crippen LogP contribution in [0.2, 0.25) is 0 Å². The molecule has 2 saturated heterocycles. The lowest BCUT2D eigenvalue weighted by atomic mass is 9.87. The molecule has 214 valence electrons. The van der Waals surface area contributed by atoms with Gasteiger partial charge in [-0.25, -0.2) is 9.97 Å². The zero-order valence-corrected chi connectivity index (χ0v) is 23.4. The fourth-order valence-electron chi connectivity index (χ4n) is 6.74. The molecule has 3 fully saturated rings. The van der Waals surface area contributed by atoms with Gasteiger partial charge in [0.25, 0.3) is 0 Å². The van der Waals surface area contributed by atoms with Gasteiger partial charge < -0.3 is 26.3 Å². The molecule has 0 unspecified atom stereocenters. The van der Waals surface area contributed by atoms with E-state index in [-0.39, 0.29) is 11.9 Å². The summed E-state index contributed by atoms with van der Waals surface area (Å²) in [5, 5.41) is 6.86. The van der Waals surface area contributed by atoms with Crippen molar-refractivity contribution in [3.8, 4) is 0 Å². The summed E-state index contributed by atoms with van der Waals surface area (Å²) in [5.41, 5.74) is 6.98. The number of rotatable bonds is 10. The highest BCUT2D eigenvalue weighted by molar-refractivity contribution is 5.81. The quantitative estimate of drug-likeness (QED) is 0.364. The van der Waals surface area contributed by atoms with Gasteiger partial charge in [-0.2, -0.15) is 4.98 Å². The number of H-pyrrole nitrogens is 1. The van der Waals surface area contributed by atoms with Crippen molar-refractivity contribution < 1.29 is 4.79 Å². The molecular weight excluding hydrogens is 490 g/mol. The maximum absolute atomic E-state index is 12.8. The van der Waals surface area contributed by atoms with E-state index in [2.05, 4.69) is 35.4 Å². The molecule has 10 nitrogen and oxygen atoms in total. The molecule has 4 heterocycles. The van der Waals surface area contributed by atoms with Crippen molar-refractivity contribution in [2.24, 2.45) is 5.73 Å².